The topological polar surface area (TPSA) is 32.3 Å². The summed E-state index contributed by atoms with van der Waals surface area (Å²) in [6.45, 7) is 9.26. The van der Waals surface area contributed by atoms with E-state index in [1.165, 1.54) is 10.5 Å². The first-order valence-electron chi connectivity index (χ1n) is 7.69. The number of carbonyl (C=O) groups excluding carboxylic acids is 1. The third-order valence-electron chi connectivity index (χ3n) is 3.57. The number of carbonyl (C=O) groups is 1. The number of nitrogens with one attached hydrogen (secondary N) is 1. The molecule has 21 heavy (non-hydrogen) atoms. The summed E-state index contributed by atoms with van der Waals surface area (Å²) in [4.78, 5) is 15.1. The molecule has 1 amide bonds. The second kappa shape index (κ2) is 7.32. The van der Waals surface area contributed by atoms with Crippen LogP contribution in [0.2, 0.25) is 0 Å². The molecule has 0 bridgehead atoms. The summed E-state index contributed by atoms with van der Waals surface area (Å²) in [7, 11) is 0. The summed E-state index contributed by atoms with van der Waals surface area (Å²) in [5, 5.41) is 3.48. The van der Waals surface area contributed by atoms with Gasteiger partial charge in [0, 0.05) is 30.1 Å². The summed E-state index contributed by atoms with van der Waals surface area (Å²) >= 11 is 1.64. The van der Waals surface area contributed by atoms with Crippen molar-refractivity contribution in [3.63, 3.8) is 0 Å². The number of nitrogens with zero attached hydrogens (tertiary/aromatic N) is 1. The van der Waals surface area contributed by atoms with Crippen molar-refractivity contribution in [1.29, 1.82) is 0 Å². The summed E-state index contributed by atoms with van der Waals surface area (Å²) in [5.41, 5.74) is 1.41. The van der Waals surface area contributed by atoms with Crippen LogP contribution in [0, 0.1) is 0 Å². The molecule has 4 heteroatoms. The Hall–Kier alpha value is -1.00. The zero-order chi connectivity index (χ0) is 15.3. The van der Waals surface area contributed by atoms with E-state index in [1.54, 1.807) is 11.8 Å². The molecule has 0 aromatic heterocycles. The van der Waals surface area contributed by atoms with Gasteiger partial charge in [0.05, 0.1) is 5.75 Å². The Morgan fingerprint density at radius 2 is 1.81 bits per heavy atom. The van der Waals surface area contributed by atoms with E-state index >= 15 is 0 Å². The largest absolute Gasteiger partial charge is 0.342 e. The van der Waals surface area contributed by atoms with Crippen LogP contribution in [0.15, 0.2) is 29.2 Å². The Morgan fingerprint density at radius 1 is 1.19 bits per heavy atom. The highest BCUT2D eigenvalue weighted by Gasteiger charge is 2.17. The third kappa shape index (κ3) is 5.71. The quantitative estimate of drug-likeness (QED) is 0.847. The molecule has 1 aromatic carbocycles. The van der Waals surface area contributed by atoms with Gasteiger partial charge in [0.2, 0.25) is 5.91 Å². The number of amides is 1. The number of hydrogen-bond donors (Lipinski definition) is 1. The van der Waals surface area contributed by atoms with Crippen molar-refractivity contribution in [3.05, 3.63) is 29.8 Å². The summed E-state index contributed by atoms with van der Waals surface area (Å²) in [5.74, 6) is 0.829. The Balaban J connectivity index is 1.78. The lowest BCUT2D eigenvalue weighted by molar-refractivity contribution is -0.127. The molecule has 2 rings (SSSR count). The van der Waals surface area contributed by atoms with Crippen molar-refractivity contribution in [2.45, 2.75) is 50.6 Å². The van der Waals surface area contributed by atoms with Gasteiger partial charge in [0.1, 0.15) is 0 Å². The first-order chi connectivity index (χ1) is 9.94. The van der Waals surface area contributed by atoms with Crippen molar-refractivity contribution in [2.24, 2.45) is 0 Å². The molecule has 0 radical (unpaired) electrons. The summed E-state index contributed by atoms with van der Waals surface area (Å²) in [6, 6.07) is 8.51. The number of thioether (sulfide) groups is 1. The molecule has 0 aliphatic carbocycles. The monoisotopic (exact) mass is 306 g/mol. The molecule has 1 saturated heterocycles. The summed E-state index contributed by atoms with van der Waals surface area (Å²) < 4.78 is 0. The molecule has 3 nitrogen and oxygen atoms in total. The fourth-order valence-electron chi connectivity index (χ4n) is 2.27. The van der Waals surface area contributed by atoms with Crippen LogP contribution in [0.4, 0.5) is 0 Å². The van der Waals surface area contributed by atoms with Gasteiger partial charge in [-0.3, -0.25) is 4.79 Å². The second-order valence-electron chi connectivity index (χ2n) is 6.62. The number of hydrogen-bond acceptors (Lipinski definition) is 3. The second-order valence-corrected chi connectivity index (χ2v) is 7.67. The van der Waals surface area contributed by atoms with Crippen LogP contribution in [0.25, 0.3) is 0 Å². The zero-order valence-electron chi connectivity index (χ0n) is 13.3. The molecule has 0 saturated carbocycles. The first-order valence-corrected chi connectivity index (χ1v) is 8.67. The Morgan fingerprint density at radius 3 is 2.38 bits per heavy atom. The van der Waals surface area contributed by atoms with Crippen LogP contribution in [-0.2, 0) is 11.3 Å². The SMILES string of the molecule is CC(C)(C)NCc1ccc(SCC(=O)N2CCCC2)cc1. The van der Waals surface area contributed by atoms with Crippen LogP contribution in [0.1, 0.15) is 39.2 Å². The van der Waals surface area contributed by atoms with Gasteiger partial charge in [0.25, 0.3) is 0 Å². The molecule has 0 atom stereocenters. The number of rotatable bonds is 5. The molecular formula is C17H26N2OS. The van der Waals surface area contributed by atoms with E-state index in [-0.39, 0.29) is 11.4 Å². The molecule has 1 N–H and O–H groups in total. The van der Waals surface area contributed by atoms with E-state index < -0.39 is 0 Å². The fraction of sp³-hybridized carbons (Fsp3) is 0.588. The van der Waals surface area contributed by atoms with Crippen LogP contribution in [0.5, 0.6) is 0 Å². The Labute approximate surface area is 132 Å². The molecule has 1 aliphatic rings. The van der Waals surface area contributed by atoms with E-state index in [0.29, 0.717) is 5.75 Å². The minimum absolute atomic E-state index is 0.134. The van der Waals surface area contributed by atoms with Gasteiger partial charge in [-0.1, -0.05) is 12.1 Å². The van der Waals surface area contributed by atoms with Crippen LogP contribution < -0.4 is 5.32 Å². The molecular weight excluding hydrogens is 280 g/mol. The van der Waals surface area contributed by atoms with Crippen LogP contribution >= 0.6 is 11.8 Å². The van der Waals surface area contributed by atoms with Crippen molar-refractivity contribution < 1.29 is 4.79 Å². The van der Waals surface area contributed by atoms with E-state index in [9.17, 15) is 4.79 Å². The lowest BCUT2D eigenvalue weighted by atomic mass is 10.1. The van der Waals surface area contributed by atoms with Crippen LogP contribution in [-0.4, -0.2) is 35.2 Å². The standard InChI is InChI=1S/C17H26N2OS/c1-17(2,3)18-12-14-6-8-15(9-7-14)21-13-16(20)19-10-4-5-11-19/h6-9,18H,4-5,10-13H2,1-3H3. The molecule has 116 valence electrons. The molecule has 1 aliphatic heterocycles. The average molecular weight is 306 g/mol. The zero-order valence-corrected chi connectivity index (χ0v) is 14.1. The number of benzene rings is 1. The molecule has 1 heterocycles. The molecule has 1 fully saturated rings. The van der Waals surface area contributed by atoms with E-state index in [0.717, 1.165) is 32.5 Å². The van der Waals surface area contributed by atoms with E-state index in [2.05, 4.69) is 50.4 Å². The fourth-order valence-corrected chi connectivity index (χ4v) is 3.07. The minimum Gasteiger partial charge on any atom is -0.342 e. The van der Waals surface area contributed by atoms with Crippen molar-refractivity contribution in [2.75, 3.05) is 18.8 Å². The van der Waals surface area contributed by atoms with E-state index in [1.807, 2.05) is 4.90 Å². The molecule has 0 unspecified atom stereocenters. The van der Waals surface area contributed by atoms with Gasteiger partial charge in [-0.05, 0) is 51.3 Å². The first kappa shape index (κ1) is 16.4. The molecule has 1 aromatic rings. The van der Waals surface area contributed by atoms with Crippen molar-refractivity contribution >= 4 is 17.7 Å². The van der Waals surface area contributed by atoms with Gasteiger partial charge in [-0.2, -0.15) is 0 Å². The predicted molar refractivity (Wildman–Crippen MR) is 89.6 cm³/mol. The van der Waals surface area contributed by atoms with Crippen molar-refractivity contribution in [1.82, 2.24) is 10.2 Å². The minimum atomic E-state index is 0.134. The predicted octanol–water partition coefficient (Wildman–Crippen LogP) is 3.29. The lowest BCUT2D eigenvalue weighted by Gasteiger charge is -2.20. The third-order valence-corrected chi connectivity index (χ3v) is 4.56. The van der Waals surface area contributed by atoms with Crippen molar-refractivity contribution in [3.8, 4) is 0 Å². The van der Waals surface area contributed by atoms with E-state index in [4.69, 9.17) is 0 Å². The highest BCUT2D eigenvalue weighted by atomic mass is 32.2. The van der Waals surface area contributed by atoms with Gasteiger partial charge in [-0.25, -0.2) is 0 Å². The van der Waals surface area contributed by atoms with Gasteiger partial charge < -0.3 is 10.2 Å². The van der Waals surface area contributed by atoms with Gasteiger partial charge in [-0.15, -0.1) is 11.8 Å². The smallest absolute Gasteiger partial charge is 0.232 e. The van der Waals surface area contributed by atoms with Gasteiger partial charge in [0.15, 0.2) is 0 Å². The Bertz CT molecular complexity index is 459. The molecule has 0 spiro atoms. The highest BCUT2D eigenvalue weighted by Crippen LogP contribution is 2.20. The van der Waals surface area contributed by atoms with Gasteiger partial charge >= 0.3 is 0 Å². The normalized spacial score (nSPS) is 15.5. The maximum atomic E-state index is 12.0. The highest BCUT2D eigenvalue weighted by molar-refractivity contribution is 8.00. The van der Waals surface area contributed by atoms with Crippen LogP contribution in [0.3, 0.4) is 0 Å². The Kier molecular flexibility index (Phi) is 5.71. The maximum Gasteiger partial charge on any atom is 0.232 e. The average Bonchev–Trinajstić information content (AvgIpc) is 2.97. The summed E-state index contributed by atoms with van der Waals surface area (Å²) in [6.07, 6.45) is 2.32. The maximum absolute atomic E-state index is 12.0. The lowest BCUT2D eigenvalue weighted by Crippen LogP contribution is -2.35. The number of likely N-dealkylation sites (tertiary alicyclic amines) is 1.